The van der Waals surface area contributed by atoms with Gasteiger partial charge in [0.25, 0.3) is 5.91 Å². The molecule has 1 unspecified atom stereocenters. The average Bonchev–Trinajstić information content (AvgIpc) is 2.51. The van der Waals surface area contributed by atoms with Crippen molar-refractivity contribution in [1.29, 1.82) is 0 Å². The standard InChI is InChI=1S/C16H23N3O2/c1-3-5-13(8-10-20)11-18-15-7-6-14(12-19-15)16(21)17-9-4-2/h2,6-7,12-13,20H,3,5,8-11H2,1H3,(H,17,21)(H,18,19). The number of carbonyl (C=O) groups is 1. The minimum Gasteiger partial charge on any atom is -0.396 e. The molecule has 5 heteroatoms. The topological polar surface area (TPSA) is 74.2 Å². The maximum absolute atomic E-state index is 11.7. The molecule has 0 radical (unpaired) electrons. The molecule has 1 aromatic rings. The monoisotopic (exact) mass is 289 g/mol. The number of aromatic nitrogens is 1. The summed E-state index contributed by atoms with van der Waals surface area (Å²) in [6, 6.07) is 3.48. The number of nitrogens with zero attached hydrogens (tertiary/aromatic N) is 1. The molecule has 0 aromatic carbocycles. The maximum Gasteiger partial charge on any atom is 0.253 e. The van der Waals surface area contributed by atoms with Gasteiger partial charge in [0.1, 0.15) is 5.82 Å². The summed E-state index contributed by atoms with van der Waals surface area (Å²) in [6.07, 6.45) is 9.56. The van der Waals surface area contributed by atoms with Gasteiger partial charge in [-0.05, 0) is 30.9 Å². The Bertz CT molecular complexity index is 459. The van der Waals surface area contributed by atoms with Crippen molar-refractivity contribution in [1.82, 2.24) is 10.3 Å². The van der Waals surface area contributed by atoms with Crippen LogP contribution < -0.4 is 10.6 Å². The number of pyridine rings is 1. The number of amides is 1. The van der Waals surface area contributed by atoms with E-state index in [2.05, 4.69) is 28.5 Å². The van der Waals surface area contributed by atoms with Gasteiger partial charge in [-0.3, -0.25) is 4.79 Å². The lowest BCUT2D eigenvalue weighted by atomic mass is 10.0. The summed E-state index contributed by atoms with van der Waals surface area (Å²) < 4.78 is 0. The van der Waals surface area contributed by atoms with Crippen LogP contribution in [0.3, 0.4) is 0 Å². The van der Waals surface area contributed by atoms with Gasteiger partial charge >= 0.3 is 0 Å². The lowest BCUT2D eigenvalue weighted by Crippen LogP contribution is -2.23. The fourth-order valence-electron chi connectivity index (χ4n) is 2.05. The molecule has 5 nitrogen and oxygen atoms in total. The molecule has 0 bridgehead atoms. The molecule has 21 heavy (non-hydrogen) atoms. The van der Waals surface area contributed by atoms with Gasteiger partial charge in [0, 0.05) is 19.3 Å². The molecule has 0 saturated heterocycles. The predicted molar refractivity (Wildman–Crippen MR) is 84.0 cm³/mol. The zero-order chi connectivity index (χ0) is 15.5. The first kappa shape index (κ1) is 17.0. The number of nitrogens with one attached hydrogen (secondary N) is 2. The molecule has 0 saturated carbocycles. The highest BCUT2D eigenvalue weighted by Crippen LogP contribution is 2.12. The zero-order valence-corrected chi connectivity index (χ0v) is 12.4. The van der Waals surface area contributed by atoms with Gasteiger partial charge in [0.05, 0.1) is 12.1 Å². The van der Waals surface area contributed by atoms with Crippen molar-refractivity contribution in [2.75, 3.05) is 25.0 Å². The number of aliphatic hydroxyl groups is 1. The zero-order valence-electron chi connectivity index (χ0n) is 12.4. The van der Waals surface area contributed by atoms with Crippen LogP contribution in [0.15, 0.2) is 18.3 Å². The van der Waals surface area contributed by atoms with Crippen molar-refractivity contribution in [3.8, 4) is 12.3 Å². The van der Waals surface area contributed by atoms with Crippen molar-refractivity contribution in [2.45, 2.75) is 26.2 Å². The molecule has 114 valence electrons. The van der Waals surface area contributed by atoms with E-state index in [1.807, 2.05) is 0 Å². The third-order valence-electron chi connectivity index (χ3n) is 3.18. The number of hydrogen-bond acceptors (Lipinski definition) is 4. The highest BCUT2D eigenvalue weighted by molar-refractivity contribution is 5.94. The van der Waals surface area contributed by atoms with Gasteiger partial charge < -0.3 is 15.7 Å². The maximum atomic E-state index is 11.7. The number of aliphatic hydroxyl groups excluding tert-OH is 1. The summed E-state index contributed by atoms with van der Waals surface area (Å²) >= 11 is 0. The first-order valence-corrected chi connectivity index (χ1v) is 7.23. The van der Waals surface area contributed by atoms with E-state index < -0.39 is 0 Å². The summed E-state index contributed by atoms with van der Waals surface area (Å²) in [5.74, 6) is 3.28. The van der Waals surface area contributed by atoms with Crippen LogP contribution in [0.5, 0.6) is 0 Å². The molecule has 1 heterocycles. The van der Waals surface area contributed by atoms with Crippen LogP contribution in [-0.2, 0) is 0 Å². The molecule has 0 spiro atoms. The van der Waals surface area contributed by atoms with Crippen molar-refractivity contribution in [2.24, 2.45) is 5.92 Å². The van der Waals surface area contributed by atoms with Crippen LogP contribution in [0, 0.1) is 18.3 Å². The van der Waals surface area contributed by atoms with Crippen molar-refractivity contribution >= 4 is 11.7 Å². The van der Waals surface area contributed by atoms with E-state index in [1.165, 1.54) is 6.20 Å². The third-order valence-corrected chi connectivity index (χ3v) is 3.18. The third kappa shape index (κ3) is 6.28. The lowest BCUT2D eigenvalue weighted by Gasteiger charge is -2.16. The first-order chi connectivity index (χ1) is 10.2. The SMILES string of the molecule is C#CCNC(=O)c1ccc(NCC(CCC)CCO)nc1. The Morgan fingerprint density at radius 1 is 1.48 bits per heavy atom. The van der Waals surface area contributed by atoms with Crippen LogP contribution in [0.2, 0.25) is 0 Å². The minimum absolute atomic E-state index is 0.202. The number of anilines is 1. The summed E-state index contributed by atoms with van der Waals surface area (Å²) in [4.78, 5) is 15.9. The quantitative estimate of drug-likeness (QED) is 0.604. The van der Waals surface area contributed by atoms with E-state index in [0.717, 1.165) is 31.6 Å². The smallest absolute Gasteiger partial charge is 0.253 e. The van der Waals surface area contributed by atoms with Crippen LogP contribution >= 0.6 is 0 Å². The fourth-order valence-corrected chi connectivity index (χ4v) is 2.05. The normalized spacial score (nSPS) is 11.5. The van der Waals surface area contributed by atoms with E-state index in [-0.39, 0.29) is 19.1 Å². The molecule has 3 N–H and O–H groups in total. The van der Waals surface area contributed by atoms with Crippen LogP contribution in [0.1, 0.15) is 36.5 Å². The van der Waals surface area contributed by atoms with E-state index in [9.17, 15) is 4.79 Å². The molecule has 1 atom stereocenters. The molecule has 0 aliphatic rings. The highest BCUT2D eigenvalue weighted by atomic mass is 16.3. The van der Waals surface area contributed by atoms with Crippen molar-refractivity contribution < 1.29 is 9.90 Å². The highest BCUT2D eigenvalue weighted by Gasteiger charge is 2.08. The van der Waals surface area contributed by atoms with E-state index in [4.69, 9.17) is 11.5 Å². The average molecular weight is 289 g/mol. The van der Waals surface area contributed by atoms with Gasteiger partial charge in [-0.2, -0.15) is 0 Å². The summed E-state index contributed by atoms with van der Waals surface area (Å²) in [5, 5.41) is 14.9. The Morgan fingerprint density at radius 2 is 2.29 bits per heavy atom. The lowest BCUT2D eigenvalue weighted by molar-refractivity contribution is 0.0958. The van der Waals surface area contributed by atoms with Crippen molar-refractivity contribution in [3.05, 3.63) is 23.9 Å². The predicted octanol–water partition coefficient (Wildman–Crippen LogP) is 1.66. The number of carbonyl (C=O) groups excluding carboxylic acids is 1. The summed E-state index contributed by atoms with van der Waals surface area (Å²) in [6.45, 7) is 3.31. The van der Waals surface area contributed by atoms with Crippen LogP contribution in [0.4, 0.5) is 5.82 Å². The minimum atomic E-state index is -0.226. The van der Waals surface area contributed by atoms with Gasteiger partial charge in [-0.25, -0.2) is 4.98 Å². The van der Waals surface area contributed by atoms with Crippen LogP contribution in [-0.4, -0.2) is 35.7 Å². The number of rotatable bonds is 9. The Morgan fingerprint density at radius 3 is 2.86 bits per heavy atom. The van der Waals surface area contributed by atoms with Crippen LogP contribution in [0.25, 0.3) is 0 Å². The molecule has 1 amide bonds. The Balaban J connectivity index is 2.50. The molecule has 1 aromatic heterocycles. The number of hydrogen-bond donors (Lipinski definition) is 3. The Kier molecular flexibility index (Phi) is 7.92. The molecular formula is C16H23N3O2. The van der Waals surface area contributed by atoms with Gasteiger partial charge in [0.15, 0.2) is 0 Å². The Hall–Kier alpha value is -2.06. The van der Waals surface area contributed by atoms with E-state index in [1.54, 1.807) is 12.1 Å². The first-order valence-electron chi connectivity index (χ1n) is 7.23. The second kappa shape index (κ2) is 9.78. The molecule has 0 aliphatic carbocycles. The van der Waals surface area contributed by atoms with E-state index in [0.29, 0.717) is 11.5 Å². The number of terminal acetylenes is 1. The molecule has 0 aliphatic heterocycles. The Labute approximate surface area is 126 Å². The second-order valence-corrected chi connectivity index (χ2v) is 4.87. The summed E-state index contributed by atoms with van der Waals surface area (Å²) in [7, 11) is 0. The summed E-state index contributed by atoms with van der Waals surface area (Å²) in [5.41, 5.74) is 0.483. The van der Waals surface area contributed by atoms with E-state index >= 15 is 0 Å². The largest absolute Gasteiger partial charge is 0.396 e. The molecule has 1 rings (SSSR count). The van der Waals surface area contributed by atoms with Gasteiger partial charge in [-0.1, -0.05) is 19.3 Å². The van der Waals surface area contributed by atoms with Gasteiger partial charge in [0.2, 0.25) is 0 Å². The molecule has 0 fully saturated rings. The fraction of sp³-hybridized carbons (Fsp3) is 0.500. The van der Waals surface area contributed by atoms with Gasteiger partial charge in [-0.15, -0.1) is 6.42 Å². The molecular weight excluding hydrogens is 266 g/mol. The second-order valence-electron chi connectivity index (χ2n) is 4.87. The van der Waals surface area contributed by atoms with Crippen molar-refractivity contribution in [3.63, 3.8) is 0 Å².